The van der Waals surface area contributed by atoms with E-state index in [2.05, 4.69) is 37.8 Å². The first-order valence-electron chi connectivity index (χ1n) is 10.9. The van der Waals surface area contributed by atoms with Gasteiger partial charge in [0.25, 0.3) is 5.91 Å². The van der Waals surface area contributed by atoms with E-state index < -0.39 is 0 Å². The predicted molar refractivity (Wildman–Crippen MR) is 117 cm³/mol. The molecule has 0 unspecified atom stereocenters. The van der Waals surface area contributed by atoms with Crippen molar-refractivity contribution < 1.29 is 14.3 Å². The molecule has 164 valence electrons. The van der Waals surface area contributed by atoms with Crippen LogP contribution in [0.4, 0.5) is 11.6 Å². The van der Waals surface area contributed by atoms with Crippen molar-refractivity contribution in [3.8, 4) is 11.5 Å². The van der Waals surface area contributed by atoms with Crippen LogP contribution >= 0.6 is 0 Å². The second kappa shape index (κ2) is 8.58. The normalized spacial score (nSPS) is 19.5. The van der Waals surface area contributed by atoms with Crippen LogP contribution in [0.25, 0.3) is 0 Å². The van der Waals surface area contributed by atoms with Gasteiger partial charge < -0.3 is 29.1 Å². The number of aromatic nitrogens is 2. The Morgan fingerprint density at radius 2 is 1.52 bits per heavy atom. The number of para-hydroxylation sites is 1. The number of amides is 1. The summed E-state index contributed by atoms with van der Waals surface area (Å²) in [5.74, 6) is 3.10. The van der Waals surface area contributed by atoms with Crippen LogP contribution in [0.2, 0.25) is 0 Å². The molecule has 2 aromatic rings. The molecule has 0 spiro atoms. The molecule has 1 aromatic carbocycles. The summed E-state index contributed by atoms with van der Waals surface area (Å²) >= 11 is 0. The number of anilines is 2. The van der Waals surface area contributed by atoms with Crippen LogP contribution in [0.3, 0.4) is 0 Å². The molecular formula is C22H28N6O3. The highest BCUT2D eigenvalue weighted by molar-refractivity contribution is 5.98. The number of hydrogen-bond acceptors (Lipinski definition) is 8. The van der Waals surface area contributed by atoms with Gasteiger partial charge in [-0.05, 0) is 19.2 Å². The lowest BCUT2D eigenvalue weighted by Crippen LogP contribution is -2.49. The maximum atomic E-state index is 13.1. The highest BCUT2D eigenvalue weighted by atomic mass is 16.6. The van der Waals surface area contributed by atoms with Crippen molar-refractivity contribution in [2.75, 3.05) is 82.4 Å². The van der Waals surface area contributed by atoms with Crippen molar-refractivity contribution in [1.29, 1.82) is 0 Å². The maximum Gasteiger partial charge on any atom is 0.257 e. The summed E-state index contributed by atoms with van der Waals surface area (Å²) < 4.78 is 11.3. The van der Waals surface area contributed by atoms with E-state index in [-0.39, 0.29) is 5.91 Å². The third-order valence-corrected chi connectivity index (χ3v) is 6.15. The average molecular weight is 425 g/mol. The fraction of sp³-hybridized carbons (Fsp3) is 0.500. The van der Waals surface area contributed by atoms with E-state index in [1.165, 1.54) is 0 Å². The molecular weight excluding hydrogens is 396 g/mol. The summed E-state index contributed by atoms with van der Waals surface area (Å²) in [5, 5.41) is 0. The molecule has 1 aromatic heterocycles. The standard InChI is InChI=1S/C22H28N6O3/c1-25-5-7-26(8-6-25)19-15-20(24-16-23-19)27-9-11-28(12-10-27)22(29)17-3-2-4-18-21(17)31-14-13-30-18/h2-4,15-16H,5-14H2,1H3. The lowest BCUT2D eigenvalue weighted by atomic mass is 10.1. The van der Waals surface area contributed by atoms with Crippen LogP contribution in [0.15, 0.2) is 30.6 Å². The fourth-order valence-electron chi connectivity index (χ4n) is 4.27. The van der Waals surface area contributed by atoms with Crippen molar-refractivity contribution in [2.24, 2.45) is 0 Å². The van der Waals surface area contributed by atoms with Gasteiger partial charge in [-0.15, -0.1) is 0 Å². The number of fused-ring (bicyclic) bond motifs is 1. The largest absolute Gasteiger partial charge is 0.486 e. The fourth-order valence-corrected chi connectivity index (χ4v) is 4.27. The number of benzene rings is 1. The molecule has 2 fully saturated rings. The Morgan fingerprint density at radius 1 is 0.871 bits per heavy atom. The van der Waals surface area contributed by atoms with Crippen LogP contribution in [-0.2, 0) is 0 Å². The van der Waals surface area contributed by atoms with Crippen molar-refractivity contribution >= 4 is 17.5 Å². The van der Waals surface area contributed by atoms with E-state index in [9.17, 15) is 4.79 Å². The molecule has 3 aliphatic heterocycles. The molecule has 0 aliphatic carbocycles. The average Bonchev–Trinajstić information content (AvgIpc) is 2.84. The summed E-state index contributed by atoms with van der Waals surface area (Å²) in [6.45, 7) is 7.75. The number of rotatable bonds is 3. The first-order valence-corrected chi connectivity index (χ1v) is 10.9. The Bertz CT molecular complexity index is 939. The molecule has 9 nitrogen and oxygen atoms in total. The van der Waals surface area contributed by atoms with Crippen LogP contribution in [0, 0.1) is 0 Å². The Hall–Kier alpha value is -3.07. The van der Waals surface area contributed by atoms with Crippen LogP contribution in [0.1, 0.15) is 10.4 Å². The third kappa shape index (κ3) is 4.10. The Morgan fingerprint density at radius 3 is 2.23 bits per heavy atom. The van der Waals surface area contributed by atoms with E-state index in [1.807, 2.05) is 23.1 Å². The maximum absolute atomic E-state index is 13.1. The first-order chi connectivity index (χ1) is 15.2. The number of carbonyl (C=O) groups is 1. The SMILES string of the molecule is CN1CCN(c2cc(N3CCN(C(=O)c4cccc5c4OCCO5)CC3)ncn2)CC1. The molecule has 2 saturated heterocycles. The number of hydrogen-bond donors (Lipinski definition) is 0. The first kappa shape index (κ1) is 19.9. The second-order valence-electron chi connectivity index (χ2n) is 8.13. The molecule has 4 heterocycles. The molecule has 0 saturated carbocycles. The molecule has 31 heavy (non-hydrogen) atoms. The summed E-state index contributed by atoms with van der Waals surface area (Å²) in [6.07, 6.45) is 1.65. The van der Waals surface area contributed by atoms with E-state index in [0.29, 0.717) is 43.4 Å². The minimum absolute atomic E-state index is 0.0113. The topological polar surface area (TPSA) is 74.3 Å². The molecule has 0 radical (unpaired) electrons. The second-order valence-corrected chi connectivity index (χ2v) is 8.13. The van der Waals surface area contributed by atoms with E-state index in [0.717, 1.165) is 50.9 Å². The molecule has 5 rings (SSSR count). The number of piperazine rings is 2. The van der Waals surface area contributed by atoms with E-state index in [4.69, 9.17) is 9.47 Å². The zero-order valence-corrected chi connectivity index (χ0v) is 17.9. The molecule has 0 atom stereocenters. The molecule has 1 amide bonds. The quantitative estimate of drug-likeness (QED) is 0.722. The van der Waals surface area contributed by atoms with Gasteiger partial charge in [-0.1, -0.05) is 6.07 Å². The Labute approximate surface area is 182 Å². The van der Waals surface area contributed by atoms with Gasteiger partial charge in [-0.2, -0.15) is 0 Å². The number of likely N-dealkylation sites (N-methyl/N-ethyl adjacent to an activating group) is 1. The van der Waals surface area contributed by atoms with Crippen molar-refractivity contribution in [3.05, 3.63) is 36.2 Å². The van der Waals surface area contributed by atoms with Gasteiger partial charge in [-0.3, -0.25) is 4.79 Å². The monoisotopic (exact) mass is 424 g/mol. The summed E-state index contributed by atoms with van der Waals surface area (Å²) in [7, 11) is 2.15. The lowest BCUT2D eigenvalue weighted by Gasteiger charge is -2.37. The Balaban J connectivity index is 1.24. The summed E-state index contributed by atoms with van der Waals surface area (Å²) in [4.78, 5) is 30.9. The highest BCUT2D eigenvalue weighted by Crippen LogP contribution is 2.34. The number of carbonyl (C=O) groups excluding carboxylic acids is 1. The van der Waals surface area contributed by atoms with Crippen LogP contribution < -0.4 is 19.3 Å². The lowest BCUT2D eigenvalue weighted by molar-refractivity contribution is 0.0736. The number of ether oxygens (including phenoxy) is 2. The molecule has 0 bridgehead atoms. The minimum atomic E-state index is -0.0113. The number of nitrogens with zero attached hydrogens (tertiary/aromatic N) is 6. The van der Waals surface area contributed by atoms with E-state index in [1.54, 1.807) is 6.33 Å². The molecule has 3 aliphatic rings. The van der Waals surface area contributed by atoms with Gasteiger partial charge in [0.05, 0.1) is 5.56 Å². The van der Waals surface area contributed by atoms with Gasteiger partial charge in [0.15, 0.2) is 11.5 Å². The van der Waals surface area contributed by atoms with Crippen molar-refractivity contribution in [3.63, 3.8) is 0 Å². The minimum Gasteiger partial charge on any atom is -0.486 e. The summed E-state index contributed by atoms with van der Waals surface area (Å²) in [5.41, 5.74) is 0.574. The van der Waals surface area contributed by atoms with Gasteiger partial charge >= 0.3 is 0 Å². The smallest absolute Gasteiger partial charge is 0.257 e. The molecule has 9 heteroatoms. The van der Waals surface area contributed by atoms with Gasteiger partial charge in [0, 0.05) is 58.4 Å². The van der Waals surface area contributed by atoms with Gasteiger partial charge in [0.1, 0.15) is 31.2 Å². The molecule has 0 N–H and O–H groups in total. The predicted octanol–water partition coefficient (Wildman–Crippen LogP) is 0.962. The van der Waals surface area contributed by atoms with Crippen molar-refractivity contribution in [1.82, 2.24) is 19.8 Å². The van der Waals surface area contributed by atoms with Gasteiger partial charge in [-0.25, -0.2) is 9.97 Å². The third-order valence-electron chi connectivity index (χ3n) is 6.15. The Kier molecular flexibility index (Phi) is 5.50. The zero-order valence-electron chi connectivity index (χ0n) is 17.9. The van der Waals surface area contributed by atoms with Gasteiger partial charge in [0.2, 0.25) is 0 Å². The van der Waals surface area contributed by atoms with Crippen molar-refractivity contribution in [2.45, 2.75) is 0 Å². The highest BCUT2D eigenvalue weighted by Gasteiger charge is 2.28. The van der Waals surface area contributed by atoms with E-state index >= 15 is 0 Å². The van der Waals surface area contributed by atoms with Crippen LogP contribution in [-0.4, -0.2) is 98.3 Å². The summed E-state index contributed by atoms with van der Waals surface area (Å²) in [6, 6.07) is 7.57. The van der Waals surface area contributed by atoms with Crippen LogP contribution in [0.5, 0.6) is 11.5 Å². The zero-order chi connectivity index (χ0) is 21.2.